The van der Waals surface area contributed by atoms with Gasteiger partial charge in [-0.1, -0.05) is 98.8 Å². The van der Waals surface area contributed by atoms with Gasteiger partial charge in [-0.25, -0.2) is 0 Å². The molecule has 4 aromatic carbocycles. The first kappa shape index (κ1) is 19.8. The van der Waals surface area contributed by atoms with Crippen molar-refractivity contribution >= 4 is 0 Å². The summed E-state index contributed by atoms with van der Waals surface area (Å²) in [6.45, 7) is 6.98. The topological polar surface area (TPSA) is 0 Å². The van der Waals surface area contributed by atoms with Crippen LogP contribution in [0, 0.1) is 12.8 Å². The maximum absolute atomic E-state index is 2.46. The lowest BCUT2D eigenvalue weighted by Gasteiger charge is -2.21. The summed E-state index contributed by atoms with van der Waals surface area (Å²) in [4.78, 5) is 0. The first-order chi connectivity index (χ1) is 15.1. The number of hydrogen-bond donors (Lipinski definition) is 0. The molecule has 0 heteroatoms. The highest BCUT2D eigenvalue weighted by atomic mass is 14.3. The molecule has 0 heterocycles. The Kier molecular flexibility index (Phi) is 5.24. The van der Waals surface area contributed by atoms with Gasteiger partial charge in [-0.3, -0.25) is 0 Å². The van der Waals surface area contributed by atoms with Crippen molar-refractivity contribution in [2.24, 2.45) is 5.92 Å². The van der Waals surface area contributed by atoms with Gasteiger partial charge in [0.25, 0.3) is 0 Å². The van der Waals surface area contributed by atoms with Gasteiger partial charge in [0.1, 0.15) is 0 Å². The summed E-state index contributed by atoms with van der Waals surface area (Å²) in [7, 11) is 0. The molecule has 154 valence electrons. The van der Waals surface area contributed by atoms with Crippen molar-refractivity contribution in [3.63, 3.8) is 0 Å². The minimum absolute atomic E-state index is 0.558. The van der Waals surface area contributed by atoms with Crippen molar-refractivity contribution in [3.05, 3.63) is 119 Å². The van der Waals surface area contributed by atoms with E-state index in [1.54, 1.807) is 0 Å². The van der Waals surface area contributed by atoms with Gasteiger partial charge < -0.3 is 0 Å². The molecular formula is C31H30. The molecule has 0 aromatic heterocycles. The van der Waals surface area contributed by atoms with Crippen molar-refractivity contribution in [3.8, 4) is 22.3 Å². The second-order valence-electron chi connectivity index (χ2n) is 9.24. The Morgan fingerprint density at radius 1 is 0.677 bits per heavy atom. The van der Waals surface area contributed by atoms with E-state index in [2.05, 4.69) is 112 Å². The largest absolute Gasteiger partial charge is 0.0622 e. The Labute approximate surface area is 186 Å². The molecule has 0 aliphatic heterocycles. The molecule has 0 saturated carbocycles. The predicted octanol–water partition coefficient (Wildman–Crippen LogP) is 8.22. The smallest absolute Gasteiger partial charge is 0.00132 e. The lowest BCUT2D eigenvalue weighted by atomic mass is 9.84. The van der Waals surface area contributed by atoms with Gasteiger partial charge in [-0.15, -0.1) is 0 Å². The van der Waals surface area contributed by atoms with Crippen LogP contribution in [0.4, 0.5) is 0 Å². The van der Waals surface area contributed by atoms with E-state index < -0.39 is 0 Å². The fourth-order valence-electron chi connectivity index (χ4n) is 5.12. The zero-order valence-electron chi connectivity index (χ0n) is 18.7. The third kappa shape index (κ3) is 3.83. The number of hydrogen-bond acceptors (Lipinski definition) is 0. The summed E-state index contributed by atoms with van der Waals surface area (Å²) in [6.07, 6.45) is 2.17. The van der Waals surface area contributed by atoms with Gasteiger partial charge in [-0.2, -0.15) is 0 Å². The van der Waals surface area contributed by atoms with Gasteiger partial charge in [-0.05, 0) is 87.7 Å². The second kappa shape index (κ2) is 8.19. The molecular weight excluding hydrogens is 372 g/mol. The van der Waals surface area contributed by atoms with E-state index in [1.807, 2.05) is 0 Å². The molecule has 0 nitrogen and oxygen atoms in total. The molecule has 0 radical (unpaired) electrons. The van der Waals surface area contributed by atoms with Gasteiger partial charge in [0.2, 0.25) is 0 Å². The third-order valence-corrected chi connectivity index (χ3v) is 7.11. The van der Waals surface area contributed by atoms with E-state index in [4.69, 9.17) is 0 Å². The Hall–Kier alpha value is -3.12. The molecule has 1 aliphatic carbocycles. The van der Waals surface area contributed by atoms with E-state index in [1.165, 1.54) is 50.1 Å². The highest BCUT2D eigenvalue weighted by molar-refractivity contribution is 5.83. The monoisotopic (exact) mass is 402 g/mol. The zero-order valence-corrected chi connectivity index (χ0v) is 18.7. The summed E-state index contributed by atoms with van der Waals surface area (Å²) in [5.74, 6) is 1.17. The van der Waals surface area contributed by atoms with Crippen LogP contribution in [-0.2, 0) is 12.8 Å². The van der Waals surface area contributed by atoms with Crippen LogP contribution >= 0.6 is 0 Å². The van der Waals surface area contributed by atoms with Crippen LogP contribution in [0.2, 0.25) is 0 Å². The van der Waals surface area contributed by atoms with Crippen LogP contribution in [0.25, 0.3) is 22.3 Å². The third-order valence-electron chi connectivity index (χ3n) is 7.11. The summed E-state index contributed by atoms with van der Waals surface area (Å²) < 4.78 is 0. The van der Waals surface area contributed by atoms with Crippen LogP contribution in [0.15, 0.2) is 91.0 Å². The maximum atomic E-state index is 2.46. The van der Waals surface area contributed by atoms with Crippen molar-refractivity contribution in [1.29, 1.82) is 0 Å². The predicted molar refractivity (Wildman–Crippen MR) is 133 cm³/mol. The molecule has 0 saturated heterocycles. The second-order valence-corrected chi connectivity index (χ2v) is 9.24. The molecule has 31 heavy (non-hydrogen) atoms. The molecule has 0 spiro atoms. The van der Waals surface area contributed by atoms with Crippen LogP contribution < -0.4 is 0 Å². The molecule has 0 fully saturated rings. The molecule has 5 rings (SSSR count). The first-order valence-electron chi connectivity index (χ1n) is 11.5. The van der Waals surface area contributed by atoms with Gasteiger partial charge in [0.05, 0.1) is 0 Å². The number of benzene rings is 4. The van der Waals surface area contributed by atoms with Crippen molar-refractivity contribution < 1.29 is 0 Å². The SMILES string of the molecule is Cc1cc2c(cc1-c1ccccc1)-c1ccc(CC(C)C(C)c3ccccc3)cc1C2. The molecule has 1 aliphatic rings. The molecule has 0 bridgehead atoms. The summed E-state index contributed by atoms with van der Waals surface area (Å²) in [5.41, 5.74) is 12.7. The highest BCUT2D eigenvalue weighted by Gasteiger charge is 2.22. The van der Waals surface area contributed by atoms with Crippen LogP contribution in [0.3, 0.4) is 0 Å². The lowest BCUT2D eigenvalue weighted by molar-refractivity contribution is 0.485. The highest BCUT2D eigenvalue weighted by Crippen LogP contribution is 2.41. The van der Waals surface area contributed by atoms with Gasteiger partial charge in [0.15, 0.2) is 0 Å². The Morgan fingerprint density at radius 3 is 2.10 bits per heavy atom. The fourth-order valence-corrected chi connectivity index (χ4v) is 5.12. The molecule has 0 N–H and O–H groups in total. The molecule has 4 aromatic rings. The van der Waals surface area contributed by atoms with Crippen LogP contribution in [-0.4, -0.2) is 0 Å². The van der Waals surface area contributed by atoms with Crippen molar-refractivity contribution in [1.82, 2.24) is 0 Å². The minimum Gasteiger partial charge on any atom is -0.0622 e. The van der Waals surface area contributed by atoms with Gasteiger partial charge >= 0.3 is 0 Å². The number of aryl methyl sites for hydroxylation is 1. The molecule has 2 atom stereocenters. The van der Waals surface area contributed by atoms with Crippen molar-refractivity contribution in [2.45, 2.75) is 39.5 Å². The fraction of sp³-hybridized carbons (Fsp3) is 0.226. The van der Waals surface area contributed by atoms with E-state index in [0.717, 1.165) is 12.8 Å². The summed E-state index contributed by atoms with van der Waals surface area (Å²) in [5, 5.41) is 0. The first-order valence-corrected chi connectivity index (χ1v) is 11.5. The summed E-state index contributed by atoms with van der Waals surface area (Å²) in [6, 6.07) is 33.7. The van der Waals surface area contributed by atoms with Crippen molar-refractivity contribution in [2.75, 3.05) is 0 Å². The van der Waals surface area contributed by atoms with Crippen LogP contribution in [0.1, 0.15) is 47.6 Å². The Morgan fingerprint density at radius 2 is 1.35 bits per heavy atom. The normalized spacial score (nSPS) is 14.0. The Balaban J connectivity index is 1.41. The van der Waals surface area contributed by atoms with E-state index >= 15 is 0 Å². The van der Waals surface area contributed by atoms with Crippen LogP contribution in [0.5, 0.6) is 0 Å². The van der Waals surface area contributed by atoms with Gasteiger partial charge in [0, 0.05) is 0 Å². The average Bonchev–Trinajstić information content (AvgIpc) is 3.15. The van der Waals surface area contributed by atoms with E-state index in [0.29, 0.717) is 11.8 Å². The minimum atomic E-state index is 0.558. The quantitative estimate of drug-likeness (QED) is 0.278. The number of fused-ring (bicyclic) bond motifs is 3. The molecule has 2 unspecified atom stereocenters. The maximum Gasteiger partial charge on any atom is -0.00132 e. The molecule has 0 amide bonds. The van der Waals surface area contributed by atoms with E-state index in [9.17, 15) is 0 Å². The lowest BCUT2D eigenvalue weighted by Crippen LogP contribution is -2.09. The Bertz CT molecular complexity index is 1200. The summed E-state index contributed by atoms with van der Waals surface area (Å²) >= 11 is 0. The van der Waals surface area contributed by atoms with E-state index in [-0.39, 0.29) is 0 Å². The standard InChI is InChI=1S/C31H30/c1-21(23(3)25-10-6-4-7-11-25)16-24-14-15-29-28(18-24)19-27-17-22(2)30(20-31(27)29)26-12-8-5-9-13-26/h4-15,17-18,20-21,23H,16,19H2,1-3H3. The average molecular weight is 403 g/mol. The number of rotatable bonds is 5. The zero-order chi connectivity index (χ0) is 21.4.